The molecule has 0 radical (unpaired) electrons. The molecule has 0 unspecified atom stereocenters. The van der Waals surface area contributed by atoms with E-state index in [-0.39, 0.29) is 5.54 Å². The predicted molar refractivity (Wildman–Crippen MR) is 81.7 cm³/mol. The Labute approximate surface area is 119 Å². The van der Waals surface area contributed by atoms with Crippen molar-refractivity contribution >= 4 is 5.69 Å². The van der Waals surface area contributed by atoms with Crippen LogP contribution >= 0.6 is 0 Å². The Bertz CT molecular complexity index is 707. The minimum Gasteiger partial charge on any atom is -0.497 e. The van der Waals surface area contributed by atoms with Crippen molar-refractivity contribution in [3.63, 3.8) is 0 Å². The molecule has 0 aromatic heterocycles. The fraction of sp³-hybridized carbons (Fsp3) is 0.333. The number of para-hydroxylation sites is 1. The minimum absolute atomic E-state index is 0.100. The molecule has 2 aromatic rings. The molecule has 1 aliphatic carbocycles. The minimum atomic E-state index is 0.100. The molecule has 0 saturated heterocycles. The van der Waals surface area contributed by atoms with Crippen molar-refractivity contribution in [2.24, 2.45) is 0 Å². The summed E-state index contributed by atoms with van der Waals surface area (Å²) in [4.78, 5) is 0. The third-order valence-electron chi connectivity index (χ3n) is 4.90. The van der Waals surface area contributed by atoms with Gasteiger partial charge in [-0.3, -0.25) is 0 Å². The zero-order valence-corrected chi connectivity index (χ0v) is 12.2. The molecule has 0 saturated carbocycles. The summed E-state index contributed by atoms with van der Waals surface area (Å²) in [6, 6.07) is 13.1. The number of fused-ring (bicyclic) bond motifs is 5. The molecule has 2 aromatic carbocycles. The first-order valence-electron chi connectivity index (χ1n) is 7.17. The third kappa shape index (κ3) is 1.39. The van der Waals surface area contributed by atoms with Gasteiger partial charge >= 0.3 is 0 Å². The van der Waals surface area contributed by atoms with Crippen LogP contribution in [0.5, 0.6) is 5.75 Å². The van der Waals surface area contributed by atoms with Gasteiger partial charge in [0, 0.05) is 17.1 Å². The van der Waals surface area contributed by atoms with E-state index in [9.17, 15) is 0 Å². The van der Waals surface area contributed by atoms with Crippen LogP contribution in [0.2, 0.25) is 0 Å². The number of rotatable bonds is 1. The van der Waals surface area contributed by atoms with Crippen molar-refractivity contribution < 1.29 is 4.74 Å². The molecule has 0 spiro atoms. The van der Waals surface area contributed by atoms with E-state index >= 15 is 0 Å². The van der Waals surface area contributed by atoms with Gasteiger partial charge in [0.1, 0.15) is 5.75 Å². The Morgan fingerprint density at radius 3 is 2.80 bits per heavy atom. The Kier molecular flexibility index (Phi) is 2.24. The molecule has 0 amide bonds. The van der Waals surface area contributed by atoms with Crippen LogP contribution in [0.15, 0.2) is 36.4 Å². The Morgan fingerprint density at radius 1 is 1.20 bits per heavy atom. The van der Waals surface area contributed by atoms with Crippen LogP contribution in [0.1, 0.15) is 35.1 Å². The smallest absolute Gasteiger partial charge is 0.119 e. The second kappa shape index (κ2) is 3.78. The highest BCUT2D eigenvalue weighted by molar-refractivity contribution is 5.69. The number of ether oxygens (including phenoxy) is 1. The lowest BCUT2D eigenvalue weighted by molar-refractivity contribution is 0.413. The first-order valence-corrected chi connectivity index (χ1v) is 7.17. The molecule has 1 aliphatic heterocycles. The summed E-state index contributed by atoms with van der Waals surface area (Å²) >= 11 is 0. The maximum atomic E-state index is 5.47. The van der Waals surface area contributed by atoms with Crippen molar-refractivity contribution in [2.75, 3.05) is 12.4 Å². The first kappa shape index (κ1) is 11.8. The molecule has 0 bridgehead atoms. The van der Waals surface area contributed by atoms with Gasteiger partial charge in [-0.2, -0.15) is 0 Å². The second-order valence-corrected chi connectivity index (χ2v) is 6.25. The first-order chi connectivity index (χ1) is 9.62. The molecular formula is C18H19NO. The summed E-state index contributed by atoms with van der Waals surface area (Å²) in [6.07, 6.45) is 1.08. The lowest BCUT2D eigenvalue weighted by atomic mass is 9.85. The molecule has 20 heavy (non-hydrogen) atoms. The largest absolute Gasteiger partial charge is 0.497 e. The molecular weight excluding hydrogens is 246 g/mol. The van der Waals surface area contributed by atoms with Crippen molar-refractivity contribution in [3.05, 3.63) is 58.7 Å². The van der Waals surface area contributed by atoms with Crippen LogP contribution < -0.4 is 10.1 Å². The van der Waals surface area contributed by atoms with Gasteiger partial charge in [0.25, 0.3) is 0 Å². The molecule has 4 rings (SSSR count). The van der Waals surface area contributed by atoms with Gasteiger partial charge in [0.2, 0.25) is 0 Å². The number of benzene rings is 2. The van der Waals surface area contributed by atoms with Crippen LogP contribution in [0.3, 0.4) is 0 Å². The second-order valence-electron chi connectivity index (χ2n) is 6.25. The number of hydrogen-bond donors (Lipinski definition) is 1. The van der Waals surface area contributed by atoms with E-state index in [0.29, 0.717) is 5.92 Å². The third-order valence-corrected chi connectivity index (χ3v) is 4.90. The highest BCUT2D eigenvalue weighted by Gasteiger charge is 2.49. The summed E-state index contributed by atoms with van der Waals surface area (Å²) in [6.45, 7) is 4.53. The quantitative estimate of drug-likeness (QED) is 0.845. The van der Waals surface area contributed by atoms with Crippen LogP contribution in [-0.2, 0) is 6.42 Å². The van der Waals surface area contributed by atoms with Crippen LogP contribution in [0, 0.1) is 6.92 Å². The average molecular weight is 265 g/mol. The van der Waals surface area contributed by atoms with Crippen molar-refractivity contribution in [1.29, 1.82) is 0 Å². The number of anilines is 1. The van der Waals surface area contributed by atoms with Crippen molar-refractivity contribution in [1.82, 2.24) is 0 Å². The lowest BCUT2D eigenvalue weighted by Gasteiger charge is -2.25. The highest BCUT2D eigenvalue weighted by Crippen LogP contribution is 2.54. The van der Waals surface area contributed by atoms with Gasteiger partial charge in [-0.05, 0) is 60.7 Å². The van der Waals surface area contributed by atoms with Gasteiger partial charge in [0.15, 0.2) is 0 Å². The zero-order valence-electron chi connectivity index (χ0n) is 12.2. The molecule has 2 nitrogen and oxygen atoms in total. The standard InChI is InChI=1S/C18H19NO/c1-11-8-12(20-3)9-14-15(11)10-18(2)17(14)13-6-4-5-7-16(13)19-18/h4-9,17,19H,10H2,1-3H3/t17-,18+/m0/s1. The summed E-state index contributed by atoms with van der Waals surface area (Å²) < 4.78 is 5.47. The molecule has 1 heterocycles. The molecule has 2 heteroatoms. The predicted octanol–water partition coefficient (Wildman–Crippen LogP) is 3.88. The van der Waals surface area contributed by atoms with E-state index in [1.807, 2.05) is 0 Å². The number of aryl methyl sites for hydroxylation is 1. The van der Waals surface area contributed by atoms with E-state index in [4.69, 9.17) is 4.74 Å². The maximum Gasteiger partial charge on any atom is 0.119 e. The summed E-state index contributed by atoms with van der Waals surface area (Å²) in [5.41, 5.74) is 7.06. The number of nitrogens with one attached hydrogen (secondary N) is 1. The van der Waals surface area contributed by atoms with E-state index in [1.54, 1.807) is 7.11 Å². The lowest BCUT2D eigenvalue weighted by Crippen LogP contribution is -2.34. The number of methoxy groups -OCH3 is 1. The van der Waals surface area contributed by atoms with Gasteiger partial charge in [-0.15, -0.1) is 0 Å². The van der Waals surface area contributed by atoms with E-state index in [1.165, 1.54) is 27.9 Å². The van der Waals surface area contributed by atoms with Gasteiger partial charge < -0.3 is 10.1 Å². The summed E-state index contributed by atoms with van der Waals surface area (Å²) in [5.74, 6) is 1.40. The molecule has 0 fully saturated rings. The van der Waals surface area contributed by atoms with Crippen LogP contribution in [0.4, 0.5) is 5.69 Å². The van der Waals surface area contributed by atoms with Crippen molar-refractivity contribution in [3.8, 4) is 5.75 Å². The van der Waals surface area contributed by atoms with Gasteiger partial charge in [0.05, 0.1) is 7.11 Å². The van der Waals surface area contributed by atoms with Crippen LogP contribution in [0.25, 0.3) is 0 Å². The topological polar surface area (TPSA) is 21.3 Å². The fourth-order valence-electron chi connectivity index (χ4n) is 4.04. The number of hydrogen-bond acceptors (Lipinski definition) is 2. The Hall–Kier alpha value is -1.96. The molecule has 1 N–H and O–H groups in total. The highest BCUT2D eigenvalue weighted by atomic mass is 16.5. The zero-order chi connectivity index (χ0) is 13.9. The molecule has 2 aliphatic rings. The van der Waals surface area contributed by atoms with E-state index in [2.05, 4.69) is 55.6 Å². The normalized spacial score (nSPS) is 25.6. The monoisotopic (exact) mass is 265 g/mol. The SMILES string of the molecule is COc1cc(C)c2c(c1)[C@@H]1c3ccccc3N[C@]1(C)C2. The Morgan fingerprint density at radius 2 is 2.00 bits per heavy atom. The fourth-order valence-corrected chi connectivity index (χ4v) is 4.04. The van der Waals surface area contributed by atoms with Gasteiger partial charge in [-0.25, -0.2) is 0 Å². The van der Waals surface area contributed by atoms with E-state index in [0.717, 1.165) is 12.2 Å². The molecule has 102 valence electrons. The van der Waals surface area contributed by atoms with Crippen LogP contribution in [-0.4, -0.2) is 12.6 Å². The van der Waals surface area contributed by atoms with Gasteiger partial charge in [-0.1, -0.05) is 18.2 Å². The van der Waals surface area contributed by atoms with E-state index < -0.39 is 0 Å². The van der Waals surface area contributed by atoms with Crippen molar-refractivity contribution in [2.45, 2.75) is 31.7 Å². The average Bonchev–Trinajstić information content (AvgIpc) is 2.87. The molecule has 2 atom stereocenters. The Balaban J connectivity index is 1.96. The summed E-state index contributed by atoms with van der Waals surface area (Å²) in [5, 5.41) is 3.74. The maximum absolute atomic E-state index is 5.47. The summed E-state index contributed by atoms with van der Waals surface area (Å²) in [7, 11) is 1.75.